The maximum atomic E-state index is 13.0. The quantitative estimate of drug-likeness (QED) is 0.592. The smallest absolute Gasteiger partial charge is 0.142 e. The maximum absolute atomic E-state index is 13.0. The van der Waals surface area contributed by atoms with Gasteiger partial charge in [0.1, 0.15) is 12.0 Å². The van der Waals surface area contributed by atoms with Crippen molar-refractivity contribution in [3.8, 4) is 12.3 Å². The van der Waals surface area contributed by atoms with Crippen LogP contribution in [0.15, 0.2) is 18.2 Å². The standard InChI is InChI=1S/C10H9ClFNO/c1-2-5-13-10(14)7-3-4-8(11)9(12)6-7/h1,3-4,6,10,13-14H,5H2. The predicted molar refractivity (Wildman–Crippen MR) is 53.2 cm³/mol. The third kappa shape index (κ3) is 2.71. The third-order valence-electron chi connectivity index (χ3n) is 1.66. The van der Waals surface area contributed by atoms with E-state index < -0.39 is 12.0 Å². The van der Waals surface area contributed by atoms with Crippen molar-refractivity contribution in [3.05, 3.63) is 34.6 Å². The van der Waals surface area contributed by atoms with Crippen LogP contribution in [0, 0.1) is 18.2 Å². The van der Waals surface area contributed by atoms with Crippen molar-refractivity contribution >= 4 is 11.6 Å². The molecule has 0 heterocycles. The van der Waals surface area contributed by atoms with Crippen molar-refractivity contribution in [1.82, 2.24) is 5.32 Å². The minimum atomic E-state index is -0.974. The fraction of sp³-hybridized carbons (Fsp3) is 0.200. The fourth-order valence-electron chi connectivity index (χ4n) is 0.956. The largest absolute Gasteiger partial charge is 0.374 e. The molecule has 0 amide bonds. The van der Waals surface area contributed by atoms with Crippen LogP contribution in [0.5, 0.6) is 0 Å². The minimum absolute atomic E-state index is 0.0258. The molecular weight excluding hydrogens is 205 g/mol. The summed E-state index contributed by atoms with van der Waals surface area (Å²) in [5.41, 5.74) is 0.391. The van der Waals surface area contributed by atoms with E-state index in [1.165, 1.54) is 12.1 Å². The Kier molecular flexibility index (Phi) is 3.90. The molecule has 0 radical (unpaired) electrons. The monoisotopic (exact) mass is 213 g/mol. The Bertz CT molecular complexity index is 362. The molecule has 1 atom stereocenters. The number of aliphatic hydroxyl groups is 1. The summed E-state index contributed by atoms with van der Waals surface area (Å²) in [6.07, 6.45) is 4.02. The van der Waals surface area contributed by atoms with Crippen molar-refractivity contribution in [3.63, 3.8) is 0 Å². The molecule has 0 aliphatic rings. The van der Waals surface area contributed by atoms with Gasteiger partial charge in [0.25, 0.3) is 0 Å². The molecule has 14 heavy (non-hydrogen) atoms. The topological polar surface area (TPSA) is 32.3 Å². The molecule has 1 aromatic rings. The summed E-state index contributed by atoms with van der Waals surface area (Å²) >= 11 is 5.48. The Hall–Kier alpha value is -1.08. The van der Waals surface area contributed by atoms with E-state index in [2.05, 4.69) is 11.2 Å². The molecule has 2 nitrogen and oxygen atoms in total. The lowest BCUT2D eigenvalue weighted by Crippen LogP contribution is -2.21. The summed E-state index contributed by atoms with van der Waals surface area (Å²) in [7, 11) is 0. The van der Waals surface area contributed by atoms with Crippen LogP contribution in [0.25, 0.3) is 0 Å². The first-order valence-electron chi connectivity index (χ1n) is 3.95. The maximum Gasteiger partial charge on any atom is 0.142 e. The molecule has 1 rings (SSSR count). The molecule has 1 aromatic carbocycles. The number of aliphatic hydroxyl groups excluding tert-OH is 1. The van der Waals surface area contributed by atoms with Crippen LogP contribution in [0.2, 0.25) is 5.02 Å². The molecule has 0 bridgehead atoms. The van der Waals surface area contributed by atoms with E-state index in [4.69, 9.17) is 18.0 Å². The molecule has 0 saturated heterocycles. The molecule has 74 valence electrons. The lowest BCUT2D eigenvalue weighted by Gasteiger charge is -2.11. The summed E-state index contributed by atoms with van der Waals surface area (Å²) in [5, 5.41) is 12.1. The van der Waals surface area contributed by atoms with Gasteiger partial charge >= 0.3 is 0 Å². The SMILES string of the molecule is C#CCNC(O)c1ccc(Cl)c(F)c1. The molecule has 0 fully saturated rings. The van der Waals surface area contributed by atoms with E-state index in [1.807, 2.05) is 0 Å². The van der Waals surface area contributed by atoms with Crippen molar-refractivity contribution in [1.29, 1.82) is 0 Å². The van der Waals surface area contributed by atoms with Gasteiger partial charge in [-0.3, -0.25) is 5.32 Å². The number of rotatable bonds is 3. The van der Waals surface area contributed by atoms with Gasteiger partial charge in [-0.1, -0.05) is 23.6 Å². The van der Waals surface area contributed by atoms with Gasteiger partial charge in [-0.25, -0.2) is 4.39 Å². The van der Waals surface area contributed by atoms with Crippen LogP contribution >= 0.6 is 11.6 Å². The fourth-order valence-corrected chi connectivity index (χ4v) is 1.07. The summed E-state index contributed by atoms with van der Waals surface area (Å²) in [6.45, 7) is 0.214. The highest BCUT2D eigenvalue weighted by molar-refractivity contribution is 6.30. The first kappa shape index (κ1) is 11.0. The van der Waals surface area contributed by atoms with Gasteiger partial charge in [-0.05, 0) is 17.7 Å². The number of halogens is 2. The molecule has 4 heteroatoms. The zero-order chi connectivity index (χ0) is 10.6. The van der Waals surface area contributed by atoms with E-state index in [9.17, 15) is 9.50 Å². The molecule has 0 saturated carbocycles. The van der Waals surface area contributed by atoms with Gasteiger partial charge in [0.15, 0.2) is 0 Å². The second-order valence-corrected chi connectivity index (χ2v) is 3.07. The van der Waals surface area contributed by atoms with Crippen molar-refractivity contribution in [2.24, 2.45) is 0 Å². The number of hydrogen-bond acceptors (Lipinski definition) is 2. The first-order valence-corrected chi connectivity index (χ1v) is 4.33. The lowest BCUT2D eigenvalue weighted by atomic mass is 10.2. The van der Waals surface area contributed by atoms with Crippen molar-refractivity contribution < 1.29 is 9.50 Å². The van der Waals surface area contributed by atoms with Crippen LogP contribution < -0.4 is 5.32 Å². The number of hydrogen-bond donors (Lipinski definition) is 2. The van der Waals surface area contributed by atoms with Crippen LogP contribution in [0.4, 0.5) is 4.39 Å². The highest BCUT2D eigenvalue weighted by Crippen LogP contribution is 2.18. The minimum Gasteiger partial charge on any atom is -0.374 e. The van der Waals surface area contributed by atoms with Gasteiger partial charge in [0, 0.05) is 0 Å². The average molecular weight is 214 g/mol. The Morgan fingerprint density at radius 1 is 1.64 bits per heavy atom. The highest BCUT2D eigenvalue weighted by atomic mass is 35.5. The van der Waals surface area contributed by atoms with Gasteiger partial charge in [-0.15, -0.1) is 6.42 Å². The van der Waals surface area contributed by atoms with Crippen LogP contribution in [0.1, 0.15) is 11.8 Å². The Balaban J connectivity index is 2.76. The normalized spacial score (nSPS) is 12.1. The lowest BCUT2D eigenvalue weighted by molar-refractivity contribution is 0.144. The van der Waals surface area contributed by atoms with Gasteiger partial charge < -0.3 is 5.11 Å². The number of benzene rings is 1. The van der Waals surface area contributed by atoms with Crippen molar-refractivity contribution in [2.45, 2.75) is 6.23 Å². The zero-order valence-electron chi connectivity index (χ0n) is 7.30. The Morgan fingerprint density at radius 2 is 2.36 bits per heavy atom. The van der Waals surface area contributed by atoms with E-state index in [0.717, 1.165) is 6.07 Å². The molecule has 0 spiro atoms. The predicted octanol–water partition coefficient (Wildman–Crippen LogP) is 1.69. The molecular formula is C10H9ClFNO. The summed E-state index contributed by atoms with van der Waals surface area (Å²) in [6, 6.07) is 4.07. The molecule has 0 aliphatic heterocycles. The molecule has 0 aromatic heterocycles. The van der Waals surface area contributed by atoms with E-state index >= 15 is 0 Å². The number of terminal acetylenes is 1. The zero-order valence-corrected chi connectivity index (χ0v) is 8.05. The average Bonchev–Trinajstić information content (AvgIpc) is 2.18. The summed E-state index contributed by atoms with van der Waals surface area (Å²) < 4.78 is 13.0. The summed E-state index contributed by atoms with van der Waals surface area (Å²) in [5.74, 6) is 1.74. The molecule has 0 aliphatic carbocycles. The molecule has 1 unspecified atom stereocenters. The Labute approximate surface area is 86.7 Å². The van der Waals surface area contributed by atoms with Crippen molar-refractivity contribution in [2.75, 3.05) is 6.54 Å². The second kappa shape index (κ2) is 4.97. The van der Waals surface area contributed by atoms with E-state index in [0.29, 0.717) is 5.56 Å². The van der Waals surface area contributed by atoms with Crippen LogP contribution in [0.3, 0.4) is 0 Å². The van der Waals surface area contributed by atoms with Crippen LogP contribution in [-0.2, 0) is 0 Å². The second-order valence-electron chi connectivity index (χ2n) is 2.66. The number of nitrogens with one attached hydrogen (secondary N) is 1. The Morgan fingerprint density at radius 3 is 2.93 bits per heavy atom. The van der Waals surface area contributed by atoms with E-state index in [-0.39, 0.29) is 11.6 Å². The first-order chi connectivity index (χ1) is 6.65. The van der Waals surface area contributed by atoms with Gasteiger partial charge in [0.05, 0.1) is 11.6 Å². The van der Waals surface area contributed by atoms with Gasteiger partial charge in [0.2, 0.25) is 0 Å². The third-order valence-corrected chi connectivity index (χ3v) is 1.96. The highest BCUT2D eigenvalue weighted by Gasteiger charge is 2.08. The molecule has 2 N–H and O–H groups in total. The van der Waals surface area contributed by atoms with E-state index in [1.54, 1.807) is 0 Å². The van der Waals surface area contributed by atoms with Crippen LogP contribution in [-0.4, -0.2) is 11.7 Å². The summed E-state index contributed by atoms with van der Waals surface area (Å²) in [4.78, 5) is 0. The van der Waals surface area contributed by atoms with Gasteiger partial charge in [-0.2, -0.15) is 0 Å².